The minimum Gasteiger partial charge on any atom is -0.484 e. The number of carbonyl (C=O) groups excluding carboxylic acids is 1. The number of hydrogen-bond donors (Lipinski definition) is 3. The number of fused-ring (bicyclic) bond motifs is 1. The van der Waals surface area contributed by atoms with Crippen molar-refractivity contribution in [2.75, 3.05) is 29.7 Å². The summed E-state index contributed by atoms with van der Waals surface area (Å²) in [5, 5.41) is 7.78. The summed E-state index contributed by atoms with van der Waals surface area (Å²) in [7, 11) is -3.73. The topological polar surface area (TPSA) is 109 Å². The van der Waals surface area contributed by atoms with Crippen LogP contribution in [-0.2, 0) is 14.8 Å². The van der Waals surface area contributed by atoms with Crippen LogP contribution in [0.25, 0.3) is 10.9 Å². The molecular formula is C27H27ClN4O4S. The Hall–Kier alpha value is -3.82. The van der Waals surface area contributed by atoms with Crippen LogP contribution in [0.15, 0.2) is 83.9 Å². The van der Waals surface area contributed by atoms with Gasteiger partial charge in [-0.25, -0.2) is 8.42 Å². The summed E-state index contributed by atoms with van der Waals surface area (Å²) in [6, 6.07) is 20.5. The van der Waals surface area contributed by atoms with Gasteiger partial charge in [-0.05, 0) is 74.0 Å². The smallest absolute Gasteiger partial charge is 0.261 e. The molecule has 37 heavy (non-hydrogen) atoms. The lowest BCUT2D eigenvalue weighted by atomic mass is 10.2. The number of nitrogens with zero attached hydrogens (tertiary/aromatic N) is 1. The third kappa shape index (κ3) is 7.34. The number of hydrogen-bond acceptors (Lipinski definition) is 6. The summed E-state index contributed by atoms with van der Waals surface area (Å²) in [5.74, 6) is 0.137. The van der Waals surface area contributed by atoms with Gasteiger partial charge in [0.25, 0.3) is 15.9 Å². The molecule has 3 N–H and O–H groups in total. The van der Waals surface area contributed by atoms with Crippen LogP contribution in [0.3, 0.4) is 0 Å². The molecule has 10 heteroatoms. The van der Waals surface area contributed by atoms with Crippen LogP contribution >= 0.6 is 11.6 Å². The highest BCUT2D eigenvalue weighted by Gasteiger charge is 2.14. The normalized spacial score (nSPS) is 11.2. The number of sulfonamides is 1. The molecule has 0 aliphatic carbocycles. The van der Waals surface area contributed by atoms with E-state index in [1.165, 1.54) is 24.3 Å². The van der Waals surface area contributed by atoms with Gasteiger partial charge in [0, 0.05) is 41.1 Å². The van der Waals surface area contributed by atoms with Crippen LogP contribution in [0, 0.1) is 6.92 Å². The molecular weight excluding hydrogens is 512 g/mol. The molecule has 0 fully saturated rings. The van der Waals surface area contributed by atoms with Crippen LogP contribution in [0.1, 0.15) is 12.0 Å². The molecule has 0 atom stereocenters. The third-order valence-corrected chi connectivity index (χ3v) is 7.14. The number of ether oxygens (including phenoxy) is 1. The summed E-state index contributed by atoms with van der Waals surface area (Å²) in [4.78, 5) is 16.5. The number of amides is 1. The van der Waals surface area contributed by atoms with Crippen LogP contribution < -0.4 is 20.1 Å². The second kappa shape index (κ2) is 11.9. The van der Waals surface area contributed by atoms with Gasteiger partial charge in [-0.2, -0.15) is 0 Å². The number of aromatic nitrogens is 1. The van der Waals surface area contributed by atoms with Gasteiger partial charge >= 0.3 is 0 Å². The zero-order valence-corrected chi connectivity index (χ0v) is 21.8. The van der Waals surface area contributed by atoms with Gasteiger partial charge in [-0.15, -0.1) is 0 Å². The maximum atomic E-state index is 12.6. The summed E-state index contributed by atoms with van der Waals surface area (Å²) in [6.45, 7) is 2.90. The van der Waals surface area contributed by atoms with E-state index in [2.05, 4.69) is 20.3 Å². The maximum Gasteiger partial charge on any atom is 0.261 e. The zero-order chi connectivity index (χ0) is 26.3. The second-order valence-corrected chi connectivity index (χ2v) is 10.5. The predicted octanol–water partition coefficient (Wildman–Crippen LogP) is 4.99. The molecule has 4 aromatic rings. The Morgan fingerprint density at radius 1 is 0.973 bits per heavy atom. The minimum absolute atomic E-state index is 0.0995. The first-order chi connectivity index (χ1) is 17.8. The van der Waals surface area contributed by atoms with Gasteiger partial charge in [0.15, 0.2) is 6.61 Å². The summed E-state index contributed by atoms with van der Waals surface area (Å²) >= 11 is 6.03. The first kappa shape index (κ1) is 26.2. The van der Waals surface area contributed by atoms with Crippen molar-refractivity contribution in [3.05, 3.63) is 89.6 Å². The molecule has 1 aromatic heterocycles. The maximum absolute atomic E-state index is 12.6. The number of aryl methyl sites for hydroxylation is 1. The fourth-order valence-electron chi connectivity index (χ4n) is 3.57. The van der Waals surface area contributed by atoms with Gasteiger partial charge in [-0.3, -0.25) is 14.5 Å². The molecule has 0 unspecified atom stereocenters. The van der Waals surface area contributed by atoms with Crippen molar-refractivity contribution in [2.24, 2.45) is 0 Å². The minimum atomic E-state index is -3.73. The lowest BCUT2D eigenvalue weighted by Crippen LogP contribution is -2.30. The van der Waals surface area contributed by atoms with E-state index in [9.17, 15) is 13.2 Å². The number of pyridine rings is 1. The Balaban J connectivity index is 1.18. The van der Waals surface area contributed by atoms with Crippen molar-refractivity contribution in [1.82, 2.24) is 10.3 Å². The first-order valence-corrected chi connectivity index (χ1v) is 13.5. The van der Waals surface area contributed by atoms with Gasteiger partial charge in [0.2, 0.25) is 0 Å². The molecule has 0 spiro atoms. The van der Waals surface area contributed by atoms with Gasteiger partial charge in [0.05, 0.1) is 10.4 Å². The van der Waals surface area contributed by atoms with E-state index in [4.69, 9.17) is 16.3 Å². The number of anilines is 2. The van der Waals surface area contributed by atoms with Crippen molar-refractivity contribution in [3.63, 3.8) is 0 Å². The molecule has 1 heterocycles. The number of nitrogens with one attached hydrogen (secondary N) is 3. The molecule has 0 aliphatic rings. The molecule has 0 aliphatic heterocycles. The molecule has 0 saturated heterocycles. The van der Waals surface area contributed by atoms with E-state index in [0.717, 1.165) is 22.2 Å². The van der Waals surface area contributed by atoms with E-state index in [-0.39, 0.29) is 17.4 Å². The number of benzene rings is 3. The standard InChI is InChI=1S/C27H27ClN4O4S/c1-19-3-6-21(7-4-19)32-37(34,35)23-10-8-22(9-11-23)36-18-27(33)31-15-2-14-29-25-13-16-30-26-17-20(28)5-12-24(25)26/h3-13,16-17,32H,2,14-15,18H2,1H3,(H,29,30)(H,31,33). The fourth-order valence-corrected chi connectivity index (χ4v) is 4.79. The van der Waals surface area contributed by atoms with E-state index in [0.29, 0.717) is 36.0 Å². The van der Waals surface area contributed by atoms with Crippen molar-refractivity contribution in [2.45, 2.75) is 18.2 Å². The van der Waals surface area contributed by atoms with Crippen molar-refractivity contribution in [1.29, 1.82) is 0 Å². The van der Waals surface area contributed by atoms with Gasteiger partial charge in [0.1, 0.15) is 5.75 Å². The van der Waals surface area contributed by atoms with Crippen LogP contribution in [0.2, 0.25) is 5.02 Å². The van der Waals surface area contributed by atoms with E-state index in [1.807, 2.05) is 43.3 Å². The highest BCUT2D eigenvalue weighted by atomic mass is 35.5. The summed E-state index contributed by atoms with van der Waals surface area (Å²) < 4.78 is 33.2. The molecule has 4 rings (SSSR count). The van der Waals surface area contributed by atoms with E-state index < -0.39 is 10.0 Å². The summed E-state index contributed by atoms with van der Waals surface area (Å²) in [5.41, 5.74) is 3.29. The van der Waals surface area contributed by atoms with E-state index >= 15 is 0 Å². The molecule has 0 saturated carbocycles. The lowest BCUT2D eigenvalue weighted by molar-refractivity contribution is -0.123. The summed E-state index contributed by atoms with van der Waals surface area (Å²) in [6.07, 6.45) is 2.44. The molecule has 0 bridgehead atoms. The molecule has 1 amide bonds. The first-order valence-electron chi connectivity index (χ1n) is 11.7. The van der Waals surface area contributed by atoms with E-state index in [1.54, 1.807) is 18.3 Å². The molecule has 8 nitrogen and oxygen atoms in total. The Bertz CT molecular complexity index is 1480. The predicted molar refractivity (Wildman–Crippen MR) is 147 cm³/mol. The van der Waals surface area contributed by atoms with Crippen LogP contribution in [0.5, 0.6) is 5.75 Å². The highest BCUT2D eigenvalue weighted by Crippen LogP contribution is 2.24. The average Bonchev–Trinajstić information content (AvgIpc) is 2.88. The fraction of sp³-hybridized carbons (Fsp3) is 0.185. The van der Waals surface area contributed by atoms with Gasteiger partial charge in [-0.1, -0.05) is 29.3 Å². The highest BCUT2D eigenvalue weighted by molar-refractivity contribution is 7.92. The van der Waals surface area contributed by atoms with Crippen molar-refractivity contribution < 1.29 is 17.9 Å². The number of carbonyl (C=O) groups is 1. The molecule has 192 valence electrons. The Morgan fingerprint density at radius 3 is 2.49 bits per heavy atom. The molecule has 0 radical (unpaired) electrons. The monoisotopic (exact) mass is 538 g/mol. The quantitative estimate of drug-likeness (QED) is 0.232. The van der Waals surface area contributed by atoms with Crippen LogP contribution in [0.4, 0.5) is 11.4 Å². The Morgan fingerprint density at radius 2 is 1.73 bits per heavy atom. The Labute approximate surface area is 221 Å². The zero-order valence-electron chi connectivity index (χ0n) is 20.2. The Kier molecular flexibility index (Phi) is 8.47. The average molecular weight is 539 g/mol. The third-order valence-electron chi connectivity index (χ3n) is 5.50. The largest absolute Gasteiger partial charge is 0.484 e. The SMILES string of the molecule is Cc1ccc(NS(=O)(=O)c2ccc(OCC(=O)NCCCNc3ccnc4cc(Cl)ccc34)cc2)cc1. The second-order valence-electron chi connectivity index (χ2n) is 8.38. The lowest BCUT2D eigenvalue weighted by Gasteiger charge is -2.11. The number of halogens is 1. The van der Waals surface area contributed by atoms with Crippen molar-refractivity contribution >= 4 is 49.8 Å². The molecule has 3 aromatic carbocycles. The number of rotatable bonds is 11. The van der Waals surface area contributed by atoms with Crippen LogP contribution in [-0.4, -0.2) is 39.0 Å². The van der Waals surface area contributed by atoms with Gasteiger partial charge < -0.3 is 15.4 Å². The van der Waals surface area contributed by atoms with Crippen molar-refractivity contribution in [3.8, 4) is 5.75 Å².